The van der Waals surface area contributed by atoms with E-state index in [2.05, 4.69) is 15.4 Å². The van der Waals surface area contributed by atoms with Crippen LogP contribution in [-0.4, -0.2) is 26.5 Å². The Kier molecular flexibility index (Phi) is 4.76. The smallest absolute Gasteiger partial charge is 0.275 e. The third-order valence-electron chi connectivity index (χ3n) is 3.65. The Hall–Kier alpha value is -2.80. The number of aromatic nitrogens is 3. The van der Waals surface area contributed by atoms with Gasteiger partial charge in [-0.1, -0.05) is 41.7 Å². The summed E-state index contributed by atoms with van der Waals surface area (Å²) in [6.45, 7) is 5.87. The van der Waals surface area contributed by atoms with Gasteiger partial charge in [0.15, 0.2) is 10.9 Å². The summed E-state index contributed by atoms with van der Waals surface area (Å²) in [6, 6.07) is 11.2. The Morgan fingerprint density at radius 1 is 1.24 bits per heavy atom. The van der Waals surface area contributed by atoms with Gasteiger partial charge >= 0.3 is 0 Å². The molecule has 0 atom stereocenters. The second-order valence-electron chi connectivity index (χ2n) is 5.56. The van der Waals surface area contributed by atoms with Crippen molar-refractivity contribution in [1.29, 1.82) is 0 Å². The fourth-order valence-electron chi connectivity index (χ4n) is 2.53. The normalized spacial score (nSPS) is 10.7. The van der Waals surface area contributed by atoms with Gasteiger partial charge in [-0.2, -0.15) is 5.10 Å². The highest BCUT2D eigenvalue weighted by Gasteiger charge is 2.20. The number of benzene rings is 1. The molecule has 3 aromatic rings. The summed E-state index contributed by atoms with van der Waals surface area (Å²) in [4.78, 5) is 29.5. The zero-order chi connectivity index (χ0) is 18.0. The maximum absolute atomic E-state index is 12.5. The fourth-order valence-corrected chi connectivity index (χ4v) is 3.41. The van der Waals surface area contributed by atoms with Crippen LogP contribution in [0.1, 0.15) is 39.7 Å². The fraction of sp³-hybridized carbons (Fsp3) is 0.222. The molecule has 0 fully saturated rings. The molecule has 0 bridgehead atoms. The third kappa shape index (κ3) is 3.51. The number of hydrogen-bond acceptors (Lipinski definition) is 5. The van der Waals surface area contributed by atoms with Gasteiger partial charge in [-0.05, 0) is 19.9 Å². The molecule has 2 aromatic heterocycles. The monoisotopic (exact) mass is 354 g/mol. The topological polar surface area (TPSA) is 76.9 Å². The molecule has 2 heterocycles. The molecule has 7 heteroatoms. The largest absolute Gasteiger partial charge is 0.296 e. The molecule has 3 rings (SSSR count). The Labute approximate surface area is 149 Å². The lowest BCUT2D eigenvalue weighted by atomic mass is 10.1. The van der Waals surface area contributed by atoms with Gasteiger partial charge in [-0.3, -0.25) is 19.6 Å². The SMILES string of the molecule is CCn1nc(C)cc1C(=O)Nc1nc(-c2ccccc2)c(C(C)=O)s1. The summed E-state index contributed by atoms with van der Waals surface area (Å²) in [5.41, 5.74) is 2.69. The highest BCUT2D eigenvalue weighted by molar-refractivity contribution is 7.18. The van der Waals surface area contributed by atoms with E-state index in [-0.39, 0.29) is 11.7 Å². The lowest BCUT2D eigenvalue weighted by Crippen LogP contribution is -2.17. The van der Waals surface area contributed by atoms with Gasteiger partial charge < -0.3 is 0 Å². The molecule has 0 radical (unpaired) electrons. The lowest BCUT2D eigenvalue weighted by Gasteiger charge is -2.03. The quantitative estimate of drug-likeness (QED) is 0.707. The van der Waals surface area contributed by atoms with E-state index in [9.17, 15) is 9.59 Å². The first-order chi connectivity index (χ1) is 12.0. The zero-order valence-corrected chi connectivity index (χ0v) is 15.1. The molecule has 0 saturated carbocycles. The standard InChI is InChI=1S/C18H18N4O2S/c1-4-22-14(10-11(2)21-22)17(24)20-18-19-15(16(25-18)12(3)23)13-8-6-5-7-9-13/h5-10H,4H2,1-3H3,(H,19,20,24). The summed E-state index contributed by atoms with van der Waals surface area (Å²) in [5, 5.41) is 7.46. The zero-order valence-electron chi connectivity index (χ0n) is 14.2. The van der Waals surface area contributed by atoms with E-state index in [0.29, 0.717) is 27.9 Å². The van der Waals surface area contributed by atoms with E-state index in [1.54, 1.807) is 10.7 Å². The Morgan fingerprint density at radius 3 is 2.60 bits per heavy atom. The maximum Gasteiger partial charge on any atom is 0.275 e. The van der Waals surface area contributed by atoms with Gasteiger partial charge in [0, 0.05) is 19.0 Å². The minimum Gasteiger partial charge on any atom is -0.296 e. The number of Topliss-reactive ketones (excluding diaryl/α,β-unsaturated/α-hetero) is 1. The Morgan fingerprint density at radius 2 is 1.96 bits per heavy atom. The molecule has 0 spiro atoms. The van der Waals surface area contributed by atoms with Crippen LogP contribution in [0.25, 0.3) is 11.3 Å². The second-order valence-corrected chi connectivity index (χ2v) is 6.56. The molecule has 0 aliphatic carbocycles. The number of anilines is 1. The number of nitrogens with one attached hydrogen (secondary N) is 1. The molecular weight excluding hydrogens is 336 g/mol. The van der Waals surface area contributed by atoms with Crippen molar-refractivity contribution in [1.82, 2.24) is 14.8 Å². The number of hydrogen-bond donors (Lipinski definition) is 1. The van der Waals surface area contributed by atoms with E-state index < -0.39 is 0 Å². The van der Waals surface area contributed by atoms with Crippen molar-refractivity contribution in [2.24, 2.45) is 0 Å². The van der Waals surface area contributed by atoms with Crippen LogP contribution in [0, 0.1) is 6.92 Å². The van der Waals surface area contributed by atoms with Gasteiger partial charge in [-0.15, -0.1) is 0 Å². The van der Waals surface area contributed by atoms with Gasteiger partial charge in [0.2, 0.25) is 0 Å². The van der Waals surface area contributed by atoms with Crippen molar-refractivity contribution in [3.05, 3.63) is 52.7 Å². The molecule has 0 aliphatic heterocycles. The number of amides is 1. The first kappa shape index (κ1) is 17.0. The van der Waals surface area contributed by atoms with Crippen LogP contribution >= 0.6 is 11.3 Å². The summed E-state index contributed by atoms with van der Waals surface area (Å²) in [7, 11) is 0. The first-order valence-electron chi connectivity index (χ1n) is 7.92. The van der Waals surface area contributed by atoms with Crippen LogP contribution in [0.5, 0.6) is 0 Å². The predicted octanol–water partition coefficient (Wildman–Crippen LogP) is 3.79. The number of nitrogens with zero attached hydrogens (tertiary/aromatic N) is 3. The van der Waals surface area contributed by atoms with E-state index in [0.717, 1.165) is 11.3 Å². The summed E-state index contributed by atoms with van der Waals surface area (Å²) in [6.07, 6.45) is 0. The average Bonchev–Trinajstić information content (AvgIpc) is 3.19. The van der Waals surface area contributed by atoms with Crippen LogP contribution in [0.2, 0.25) is 0 Å². The summed E-state index contributed by atoms with van der Waals surface area (Å²) >= 11 is 1.18. The minimum atomic E-state index is -0.286. The molecule has 0 saturated heterocycles. The van der Waals surface area contributed by atoms with Crippen LogP contribution in [0.15, 0.2) is 36.4 Å². The summed E-state index contributed by atoms with van der Waals surface area (Å²) in [5.74, 6) is -0.364. The van der Waals surface area contributed by atoms with E-state index in [1.807, 2.05) is 44.2 Å². The number of aryl methyl sites for hydroxylation is 2. The highest BCUT2D eigenvalue weighted by Crippen LogP contribution is 2.31. The lowest BCUT2D eigenvalue weighted by molar-refractivity contribution is 0.101. The van der Waals surface area contributed by atoms with Crippen molar-refractivity contribution in [3.8, 4) is 11.3 Å². The van der Waals surface area contributed by atoms with Gasteiger partial charge in [0.1, 0.15) is 5.69 Å². The number of carbonyl (C=O) groups excluding carboxylic acids is 2. The van der Waals surface area contributed by atoms with Crippen LogP contribution in [0.3, 0.4) is 0 Å². The minimum absolute atomic E-state index is 0.0775. The molecule has 1 amide bonds. The van der Waals surface area contributed by atoms with E-state index in [4.69, 9.17) is 0 Å². The highest BCUT2D eigenvalue weighted by atomic mass is 32.1. The number of thiazole rings is 1. The number of ketones is 1. The van der Waals surface area contributed by atoms with Gasteiger partial charge in [0.05, 0.1) is 16.3 Å². The second kappa shape index (κ2) is 6.98. The maximum atomic E-state index is 12.5. The van der Waals surface area contributed by atoms with Crippen LogP contribution in [-0.2, 0) is 6.54 Å². The van der Waals surface area contributed by atoms with Crippen molar-refractivity contribution in [2.45, 2.75) is 27.3 Å². The first-order valence-corrected chi connectivity index (χ1v) is 8.74. The van der Waals surface area contributed by atoms with Crippen molar-refractivity contribution in [3.63, 3.8) is 0 Å². The van der Waals surface area contributed by atoms with Crippen LogP contribution in [0.4, 0.5) is 5.13 Å². The van der Waals surface area contributed by atoms with Gasteiger partial charge in [-0.25, -0.2) is 4.98 Å². The van der Waals surface area contributed by atoms with Crippen molar-refractivity contribution in [2.75, 3.05) is 5.32 Å². The molecule has 25 heavy (non-hydrogen) atoms. The third-order valence-corrected chi connectivity index (χ3v) is 4.72. The van der Waals surface area contributed by atoms with E-state index in [1.165, 1.54) is 18.3 Å². The average molecular weight is 354 g/mol. The molecule has 1 N–H and O–H groups in total. The molecule has 0 aliphatic rings. The van der Waals surface area contributed by atoms with E-state index >= 15 is 0 Å². The molecule has 128 valence electrons. The van der Waals surface area contributed by atoms with Crippen molar-refractivity contribution < 1.29 is 9.59 Å². The van der Waals surface area contributed by atoms with Crippen molar-refractivity contribution >= 4 is 28.2 Å². The van der Waals surface area contributed by atoms with Gasteiger partial charge in [0.25, 0.3) is 5.91 Å². The molecule has 1 aromatic carbocycles. The molecular formula is C18H18N4O2S. The van der Waals surface area contributed by atoms with Crippen LogP contribution < -0.4 is 5.32 Å². The number of rotatable bonds is 5. The summed E-state index contributed by atoms with van der Waals surface area (Å²) < 4.78 is 1.64. The number of carbonyl (C=O) groups is 2. The molecule has 0 unspecified atom stereocenters. The molecule has 6 nitrogen and oxygen atoms in total. The Bertz CT molecular complexity index is 928. The Balaban J connectivity index is 1.93. The predicted molar refractivity (Wildman–Crippen MR) is 98.1 cm³/mol.